The molecule has 0 aliphatic carbocycles. The molecular formula is C17H22N6O4S. The molecule has 1 fully saturated rings. The van der Waals surface area contributed by atoms with Crippen LogP contribution in [-0.2, 0) is 16.6 Å². The Bertz CT molecular complexity index is 898. The summed E-state index contributed by atoms with van der Waals surface area (Å²) in [7, 11) is 1.95. The molecule has 4 rings (SSSR count). The molecule has 0 unspecified atom stereocenters. The first-order valence-electron chi connectivity index (χ1n) is 8.43. The highest BCUT2D eigenvalue weighted by Gasteiger charge is 2.23. The van der Waals surface area contributed by atoms with Gasteiger partial charge in [0.2, 0.25) is 5.95 Å². The topological polar surface area (TPSA) is 125 Å². The molecule has 3 aromatic rings. The number of fused-ring (bicyclic) bond motifs is 1. The first-order valence-corrected chi connectivity index (χ1v) is 9.20. The van der Waals surface area contributed by atoms with E-state index >= 15 is 0 Å². The van der Waals surface area contributed by atoms with E-state index in [1.807, 2.05) is 18.7 Å². The zero-order valence-corrected chi connectivity index (χ0v) is 16.4. The molecule has 2 aromatic heterocycles. The van der Waals surface area contributed by atoms with E-state index in [-0.39, 0.29) is 12.9 Å². The van der Waals surface area contributed by atoms with Gasteiger partial charge in [0.15, 0.2) is 0 Å². The quantitative estimate of drug-likeness (QED) is 0.608. The van der Waals surface area contributed by atoms with Gasteiger partial charge in [-0.1, -0.05) is 12.1 Å². The third-order valence-corrected chi connectivity index (χ3v) is 4.88. The van der Waals surface area contributed by atoms with Gasteiger partial charge in [-0.25, -0.2) is 4.68 Å². The number of carboxylic acid groups (broad SMARTS) is 2. The second-order valence-electron chi connectivity index (χ2n) is 5.77. The van der Waals surface area contributed by atoms with Gasteiger partial charge in [0.25, 0.3) is 12.9 Å². The number of benzene rings is 1. The Morgan fingerprint density at radius 2 is 1.61 bits per heavy atom. The summed E-state index contributed by atoms with van der Waals surface area (Å²) in [4.78, 5) is 25.9. The Morgan fingerprint density at radius 3 is 2.18 bits per heavy atom. The summed E-state index contributed by atoms with van der Waals surface area (Å²) in [5.74, 6) is 2.90. The molecule has 1 saturated heterocycles. The van der Waals surface area contributed by atoms with Crippen molar-refractivity contribution in [2.75, 3.05) is 36.0 Å². The second kappa shape index (κ2) is 10.2. The van der Waals surface area contributed by atoms with Gasteiger partial charge in [0.05, 0.1) is 4.70 Å². The van der Waals surface area contributed by atoms with Crippen LogP contribution in [0.15, 0.2) is 24.3 Å². The first-order chi connectivity index (χ1) is 13.5. The molecule has 150 valence electrons. The largest absolute Gasteiger partial charge is 0.483 e. The van der Waals surface area contributed by atoms with Crippen LogP contribution in [0.2, 0.25) is 0 Å². The number of rotatable bonds is 2. The molecule has 1 aliphatic heterocycles. The van der Waals surface area contributed by atoms with Gasteiger partial charge in [0, 0.05) is 38.6 Å². The molecule has 0 atom stereocenters. The molecule has 0 radical (unpaired) electrons. The van der Waals surface area contributed by atoms with Gasteiger partial charge < -0.3 is 20.0 Å². The van der Waals surface area contributed by atoms with E-state index in [0.29, 0.717) is 0 Å². The lowest BCUT2D eigenvalue weighted by atomic mass is 10.2. The van der Waals surface area contributed by atoms with Gasteiger partial charge in [0.1, 0.15) is 11.6 Å². The average molecular weight is 406 g/mol. The van der Waals surface area contributed by atoms with Crippen LogP contribution in [-0.4, -0.2) is 68.5 Å². The zero-order valence-electron chi connectivity index (χ0n) is 15.6. The molecule has 0 bridgehead atoms. The minimum absolute atomic E-state index is 0.250. The fraction of sp³-hybridized carbons (Fsp3) is 0.353. The molecular weight excluding hydrogens is 384 g/mol. The van der Waals surface area contributed by atoms with Crippen LogP contribution in [0.1, 0.15) is 5.82 Å². The van der Waals surface area contributed by atoms with E-state index in [4.69, 9.17) is 19.8 Å². The predicted octanol–water partition coefficient (Wildman–Crippen LogP) is 1.46. The summed E-state index contributed by atoms with van der Waals surface area (Å²) in [5, 5.41) is 19.4. The van der Waals surface area contributed by atoms with E-state index in [1.165, 1.54) is 10.1 Å². The normalized spacial score (nSPS) is 13.2. The maximum atomic E-state index is 8.36. The van der Waals surface area contributed by atoms with Crippen LogP contribution in [0.5, 0.6) is 0 Å². The van der Waals surface area contributed by atoms with Crippen molar-refractivity contribution in [2.24, 2.45) is 7.05 Å². The SMILES string of the molecule is Cc1nc(N2CCN(c3nsc4ccccc34)CC2)n(C)n1.O=CO.O=CO. The van der Waals surface area contributed by atoms with Crippen molar-refractivity contribution in [1.82, 2.24) is 19.1 Å². The summed E-state index contributed by atoms with van der Waals surface area (Å²) in [5.41, 5.74) is 0. The molecule has 28 heavy (non-hydrogen) atoms. The number of aromatic nitrogens is 4. The molecule has 3 heterocycles. The zero-order chi connectivity index (χ0) is 20.5. The fourth-order valence-electron chi connectivity index (χ4n) is 3.00. The van der Waals surface area contributed by atoms with Crippen molar-refractivity contribution >= 4 is 46.3 Å². The lowest BCUT2D eigenvalue weighted by Gasteiger charge is -2.35. The van der Waals surface area contributed by atoms with Crippen molar-refractivity contribution in [2.45, 2.75) is 6.92 Å². The highest BCUT2D eigenvalue weighted by molar-refractivity contribution is 7.13. The molecule has 0 spiro atoms. The molecule has 0 saturated carbocycles. The van der Waals surface area contributed by atoms with Crippen LogP contribution < -0.4 is 9.80 Å². The lowest BCUT2D eigenvalue weighted by molar-refractivity contribution is -0.123. The van der Waals surface area contributed by atoms with E-state index < -0.39 is 0 Å². The van der Waals surface area contributed by atoms with Crippen molar-refractivity contribution in [1.29, 1.82) is 0 Å². The van der Waals surface area contributed by atoms with Gasteiger partial charge in [-0.15, -0.1) is 0 Å². The van der Waals surface area contributed by atoms with E-state index in [1.54, 1.807) is 11.5 Å². The second-order valence-corrected chi connectivity index (χ2v) is 6.57. The maximum absolute atomic E-state index is 8.36. The van der Waals surface area contributed by atoms with E-state index in [9.17, 15) is 0 Å². The Morgan fingerprint density at radius 1 is 1.04 bits per heavy atom. The molecule has 1 aliphatic rings. The van der Waals surface area contributed by atoms with E-state index in [0.717, 1.165) is 43.8 Å². The van der Waals surface area contributed by atoms with Crippen LogP contribution in [0.3, 0.4) is 0 Å². The summed E-state index contributed by atoms with van der Waals surface area (Å²) < 4.78 is 7.77. The van der Waals surface area contributed by atoms with E-state index in [2.05, 4.69) is 48.5 Å². The molecule has 2 N–H and O–H groups in total. The van der Waals surface area contributed by atoms with Gasteiger partial charge in [-0.05, 0) is 30.6 Å². The fourth-order valence-corrected chi connectivity index (χ4v) is 3.79. The number of hydrogen-bond donors (Lipinski definition) is 2. The first kappa shape index (κ1) is 21.1. The Labute approximate surface area is 165 Å². The molecule has 11 heteroatoms. The summed E-state index contributed by atoms with van der Waals surface area (Å²) >= 11 is 1.58. The van der Waals surface area contributed by atoms with Crippen LogP contribution in [0, 0.1) is 6.92 Å². The third-order valence-electron chi connectivity index (χ3n) is 4.07. The van der Waals surface area contributed by atoms with Crippen molar-refractivity contribution < 1.29 is 19.8 Å². The smallest absolute Gasteiger partial charge is 0.290 e. The molecule has 0 amide bonds. The van der Waals surface area contributed by atoms with Gasteiger partial charge in [-0.2, -0.15) is 14.5 Å². The third kappa shape index (κ3) is 4.94. The molecule has 10 nitrogen and oxygen atoms in total. The van der Waals surface area contributed by atoms with Gasteiger partial charge in [-0.3, -0.25) is 9.59 Å². The number of nitrogens with zero attached hydrogens (tertiary/aromatic N) is 6. The standard InChI is InChI=1S/C15H18N6S.2CH2O2/c1-11-16-15(19(2)17-11)21-9-7-20(8-10-21)14-12-5-3-4-6-13(12)22-18-14;2*2-1-3/h3-6H,7-10H2,1-2H3;2*1H,(H,2,3). The van der Waals surface area contributed by atoms with Crippen LogP contribution in [0.25, 0.3) is 10.1 Å². The van der Waals surface area contributed by atoms with Crippen molar-refractivity contribution in [3.05, 3.63) is 30.1 Å². The number of aryl methyl sites for hydroxylation is 2. The Hall–Kier alpha value is -3.21. The van der Waals surface area contributed by atoms with Crippen molar-refractivity contribution in [3.8, 4) is 0 Å². The monoisotopic (exact) mass is 406 g/mol. The number of piperazine rings is 1. The molecule has 1 aromatic carbocycles. The average Bonchev–Trinajstić information content (AvgIpc) is 3.26. The summed E-state index contributed by atoms with van der Waals surface area (Å²) in [6, 6.07) is 8.44. The summed E-state index contributed by atoms with van der Waals surface area (Å²) in [6.07, 6.45) is 0. The highest BCUT2D eigenvalue weighted by atomic mass is 32.1. The number of hydrogen-bond acceptors (Lipinski definition) is 8. The predicted molar refractivity (Wildman–Crippen MR) is 107 cm³/mol. The minimum Gasteiger partial charge on any atom is -0.483 e. The van der Waals surface area contributed by atoms with Crippen molar-refractivity contribution in [3.63, 3.8) is 0 Å². The van der Waals surface area contributed by atoms with Gasteiger partial charge >= 0.3 is 0 Å². The summed E-state index contributed by atoms with van der Waals surface area (Å²) in [6.45, 7) is 5.23. The lowest BCUT2D eigenvalue weighted by Crippen LogP contribution is -2.47. The van der Waals surface area contributed by atoms with Crippen LogP contribution in [0.4, 0.5) is 11.8 Å². The highest BCUT2D eigenvalue weighted by Crippen LogP contribution is 2.30. The Balaban J connectivity index is 0.000000418. The number of carbonyl (C=O) groups is 2. The Kier molecular flexibility index (Phi) is 7.69. The van der Waals surface area contributed by atoms with Crippen LogP contribution >= 0.6 is 11.5 Å². The maximum Gasteiger partial charge on any atom is 0.290 e. The minimum atomic E-state index is -0.250. The number of anilines is 2.